The zero-order chi connectivity index (χ0) is 19.0. The molecule has 0 saturated heterocycles. The molecule has 0 amide bonds. The van der Waals surface area contributed by atoms with Crippen molar-refractivity contribution in [1.29, 1.82) is 0 Å². The van der Waals surface area contributed by atoms with Crippen molar-refractivity contribution in [3.05, 3.63) is 68.7 Å². The Morgan fingerprint density at radius 2 is 1.81 bits per heavy atom. The van der Waals surface area contributed by atoms with E-state index in [0.717, 1.165) is 5.56 Å². The molecule has 8 heteroatoms. The summed E-state index contributed by atoms with van der Waals surface area (Å²) in [6, 6.07) is 11.2. The number of rotatable bonds is 4. The summed E-state index contributed by atoms with van der Waals surface area (Å²) >= 11 is 1.24. The molecule has 27 heavy (non-hydrogen) atoms. The van der Waals surface area contributed by atoms with E-state index in [1.165, 1.54) is 28.0 Å². The number of ether oxygens (including phenoxy) is 2. The molecule has 2 heterocycles. The Kier molecular flexibility index (Phi) is 4.33. The third kappa shape index (κ3) is 3.15. The van der Waals surface area contributed by atoms with Crippen molar-refractivity contribution in [2.75, 3.05) is 14.2 Å². The van der Waals surface area contributed by atoms with E-state index in [0.29, 0.717) is 32.4 Å². The van der Waals surface area contributed by atoms with Crippen LogP contribution in [0.15, 0.2) is 47.3 Å². The lowest BCUT2D eigenvalue weighted by Crippen LogP contribution is -2.23. The first-order chi connectivity index (χ1) is 13.1. The molecule has 0 N–H and O–H groups in total. The van der Waals surface area contributed by atoms with E-state index in [2.05, 4.69) is 10.1 Å². The molecule has 0 atom stereocenters. The molecule has 0 radical (unpaired) electrons. The topological polar surface area (TPSA) is 65.7 Å². The molecule has 0 unspecified atom stereocenters. The minimum absolute atomic E-state index is 0.259. The van der Waals surface area contributed by atoms with Gasteiger partial charge in [-0.1, -0.05) is 17.4 Å². The molecule has 2 aromatic heterocycles. The van der Waals surface area contributed by atoms with Crippen LogP contribution in [0, 0.1) is 5.82 Å². The maximum atomic E-state index is 13.1. The summed E-state index contributed by atoms with van der Waals surface area (Å²) in [6.07, 6.45) is 1.75. The molecule has 0 aliphatic rings. The molecule has 0 bridgehead atoms. The summed E-state index contributed by atoms with van der Waals surface area (Å²) in [6.45, 7) is 0. The molecular formula is C19H14FN3O3S. The SMILES string of the molecule is COc1ccc(/C=c2/sc3nc(-c4ccc(F)cc4)nn3c2=O)cc1OC. The number of benzene rings is 2. The quantitative estimate of drug-likeness (QED) is 0.542. The molecule has 4 aromatic rings. The fraction of sp³-hybridized carbons (Fsp3) is 0.105. The van der Waals surface area contributed by atoms with Gasteiger partial charge < -0.3 is 9.47 Å². The molecule has 0 saturated carbocycles. The Balaban J connectivity index is 1.76. The highest BCUT2D eigenvalue weighted by Gasteiger charge is 2.12. The second-order valence-corrected chi connectivity index (χ2v) is 6.68. The third-order valence-electron chi connectivity index (χ3n) is 3.99. The lowest BCUT2D eigenvalue weighted by molar-refractivity contribution is 0.355. The zero-order valence-electron chi connectivity index (χ0n) is 14.5. The summed E-state index contributed by atoms with van der Waals surface area (Å²) < 4.78 is 25.3. The Hall–Kier alpha value is -3.26. The van der Waals surface area contributed by atoms with Crippen molar-refractivity contribution in [3.63, 3.8) is 0 Å². The highest BCUT2D eigenvalue weighted by molar-refractivity contribution is 7.15. The first-order valence-corrected chi connectivity index (χ1v) is 8.80. The lowest BCUT2D eigenvalue weighted by Gasteiger charge is -2.07. The van der Waals surface area contributed by atoms with Crippen molar-refractivity contribution in [2.24, 2.45) is 0 Å². The summed E-state index contributed by atoms with van der Waals surface area (Å²) in [5.41, 5.74) is 1.19. The minimum atomic E-state index is -0.337. The summed E-state index contributed by atoms with van der Waals surface area (Å²) in [7, 11) is 3.12. The monoisotopic (exact) mass is 383 g/mol. The number of hydrogen-bond donors (Lipinski definition) is 0. The smallest absolute Gasteiger partial charge is 0.291 e. The number of nitrogens with zero attached hydrogens (tertiary/aromatic N) is 3. The van der Waals surface area contributed by atoms with Crippen molar-refractivity contribution in [1.82, 2.24) is 14.6 Å². The van der Waals surface area contributed by atoms with Gasteiger partial charge in [-0.05, 0) is 48.0 Å². The van der Waals surface area contributed by atoms with Gasteiger partial charge in [-0.25, -0.2) is 4.39 Å². The normalized spacial score (nSPS) is 11.9. The van der Waals surface area contributed by atoms with Gasteiger partial charge >= 0.3 is 0 Å². The molecule has 0 spiro atoms. The predicted molar refractivity (Wildman–Crippen MR) is 101 cm³/mol. The lowest BCUT2D eigenvalue weighted by atomic mass is 10.2. The van der Waals surface area contributed by atoms with Crippen LogP contribution in [0.1, 0.15) is 5.56 Å². The largest absolute Gasteiger partial charge is 0.493 e. The number of fused-ring (bicyclic) bond motifs is 1. The number of aromatic nitrogens is 3. The van der Waals surface area contributed by atoms with Crippen molar-refractivity contribution >= 4 is 22.4 Å². The second kappa shape index (κ2) is 6.81. The minimum Gasteiger partial charge on any atom is -0.493 e. The van der Waals surface area contributed by atoms with Gasteiger partial charge in [0.2, 0.25) is 4.96 Å². The Morgan fingerprint density at radius 1 is 1.07 bits per heavy atom. The van der Waals surface area contributed by atoms with Crippen LogP contribution in [0.25, 0.3) is 22.4 Å². The van der Waals surface area contributed by atoms with E-state index in [4.69, 9.17) is 9.47 Å². The van der Waals surface area contributed by atoms with Crippen LogP contribution in [-0.2, 0) is 0 Å². The molecule has 0 fully saturated rings. The summed E-state index contributed by atoms with van der Waals surface area (Å²) in [5, 5.41) is 4.25. The van der Waals surface area contributed by atoms with Crippen LogP contribution < -0.4 is 19.6 Å². The zero-order valence-corrected chi connectivity index (χ0v) is 15.3. The third-order valence-corrected chi connectivity index (χ3v) is 4.95. The number of halogens is 1. The van der Waals surface area contributed by atoms with Gasteiger partial charge in [0.15, 0.2) is 17.3 Å². The van der Waals surface area contributed by atoms with E-state index in [1.54, 1.807) is 44.6 Å². The summed E-state index contributed by atoms with van der Waals surface area (Å²) in [5.74, 6) is 1.24. The fourth-order valence-corrected chi connectivity index (χ4v) is 3.56. The van der Waals surface area contributed by atoms with Crippen molar-refractivity contribution in [2.45, 2.75) is 0 Å². The molecule has 2 aromatic carbocycles. The maximum absolute atomic E-state index is 13.1. The summed E-state index contributed by atoms with van der Waals surface area (Å²) in [4.78, 5) is 17.5. The van der Waals surface area contributed by atoms with E-state index in [-0.39, 0.29) is 11.4 Å². The molecule has 0 aliphatic heterocycles. The molecule has 0 aliphatic carbocycles. The van der Waals surface area contributed by atoms with Crippen LogP contribution in [0.4, 0.5) is 4.39 Å². The van der Waals surface area contributed by atoms with Gasteiger partial charge in [-0.15, -0.1) is 5.10 Å². The van der Waals surface area contributed by atoms with Gasteiger partial charge in [-0.3, -0.25) is 4.79 Å². The Bertz CT molecular complexity index is 1230. The van der Waals surface area contributed by atoms with Gasteiger partial charge in [0.1, 0.15) is 5.82 Å². The number of thiazole rings is 1. The highest BCUT2D eigenvalue weighted by atomic mass is 32.1. The average Bonchev–Trinajstić information content (AvgIpc) is 3.22. The van der Waals surface area contributed by atoms with Crippen molar-refractivity contribution < 1.29 is 13.9 Å². The number of methoxy groups -OCH3 is 2. The first kappa shape index (κ1) is 17.2. The van der Waals surface area contributed by atoms with E-state index in [9.17, 15) is 9.18 Å². The number of hydrogen-bond acceptors (Lipinski definition) is 6. The standard InChI is InChI=1S/C19H14FN3O3S/c1-25-14-8-3-11(9-15(14)26-2)10-16-18(24)23-19(27-16)21-17(22-23)12-4-6-13(20)7-5-12/h3-10H,1-2H3/b16-10+. The Morgan fingerprint density at radius 3 is 2.48 bits per heavy atom. The fourth-order valence-electron chi connectivity index (χ4n) is 2.65. The molecular weight excluding hydrogens is 369 g/mol. The average molecular weight is 383 g/mol. The molecule has 4 rings (SSSR count). The van der Waals surface area contributed by atoms with E-state index in [1.807, 2.05) is 6.07 Å². The second-order valence-electron chi connectivity index (χ2n) is 5.67. The molecule has 6 nitrogen and oxygen atoms in total. The maximum Gasteiger partial charge on any atom is 0.291 e. The first-order valence-electron chi connectivity index (χ1n) is 7.98. The van der Waals surface area contributed by atoms with Gasteiger partial charge in [0.05, 0.1) is 18.8 Å². The van der Waals surface area contributed by atoms with Gasteiger partial charge in [-0.2, -0.15) is 9.50 Å². The predicted octanol–water partition coefficient (Wildman–Crippen LogP) is 2.52. The van der Waals surface area contributed by atoms with E-state index < -0.39 is 0 Å². The van der Waals surface area contributed by atoms with Crippen molar-refractivity contribution in [3.8, 4) is 22.9 Å². The van der Waals surface area contributed by atoms with Crippen LogP contribution in [0.5, 0.6) is 11.5 Å². The Labute approximate surface area is 157 Å². The highest BCUT2D eigenvalue weighted by Crippen LogP contribution is 2.27. The van der Waals surface area contributed by atoms with Gasteiger partial charge in [0.25, 0.3) is 5.56 Å². The van der Waals surface area contributed by atoms with Crippen LogP contribution >= 0.6 is 11.3 Å². The van der Waals surface area contributed by atoms with E-state index >= 15 is 0 Å². The molecule has 136 valence electrons. The van der Waals surface area contributed by atoms with Crippen LogP contribution in [0.3, 0.4) is 0 Å². The van der Waals surface area contributed by atoms with Crippen LogP contribution in [0.2, 0.25) is 0 Å². The van der Waals surface area contributed by atoms with Crippen LogP contribution in [-0.4, -0.2) is 28.8 Å². The van der Waals surface area contributed by atoms with Gasteiger partial charge in [0, 0.05) is 5.56 Å².